The van der Waals surface area contributed by atoms with Crippen molar-refractivity contribution in [3.8, 4) is 0 Å². The van der Waals surface area contributed by atoms with Gasteiger partial charge in [-0.3, -0.25) is 4.79 Å². The molecule has 0 saturated heterocycles. The molecule has 6 heteroatoms. The molecule has 5 nitrogen and oxygen atoms in total. The third-order valence-electron chi connectivity index (χ3n) is 5.14. The first-order valence-corrected chi connectivity index (χ1v) is 10.9. The second-order valence-electron chi connectivity index (χ2n) is 7.73. The maximum atomic E-state index is 12.0. The zero-order chi connectivity index (χ0) is 18.8. The van der Waals surface area contributed by atoms with Crippen LogP contribution in [0.1, 0.15) is 117 Å². The van der Waals surface area contributed by atoms with Crippen LogP contribution in [0, 0.1) is 5.92 Å². The van der Waals surface area contributed by atoms with E-state index in [-0.39, 0.29) is 55.3 Å². The van der Waals surface area contributed by atoms with Crippen LogP contribution in [0.4, 0.5) is 0 Å². The molecule has 0 fully saturated rings. The smallest absolute Gasteiger partial charge is 0.143 e. The molecule has 30 heavy (non-hydrogen) atoms. The Bertz CT molecular complexity index is 362. The number of unbranched alkanes of at least 4 members (excludes halogenated alkanes) is 14. The fraction of sp³-hybridized carbons (Fsp3) is 0.792. The van der Waals surface area contributed by atoms with Gasteiger partial charge in [0.1, 0.15) is 5.78 Å². The van der Waals surface area contributed by atoms with Crippen molar-refractivity contribution in [2.24, 2.45) is 5.92 Å². The summed E-state index contributed by atoms with van der Waals surface area (Å²) in [6.45, 7) is 11.8. The zero-order valence-corrected chi connectivity index (χ0v) is 21.4. The predicted molar refractivity (Wildman–Crippen MR) is 128 cm³/mol. The van der Waals surface area contributed by atoms with E-state index in [4.69, 9.17) is 0 Å². The summed E-state index contributed by atoms with van der Waals surface area (Å²) in [5, 5.41) is 0. The van der Waals surface area contributed by atoms with Crippen LogP contribution in [0.3, 0.4) is 0 Å². The third-order valence-corrected chi connectivity index (χ3v) is 5.14. The van der Waals surface area contributed by atoms with Gasteiger partial charge >= 0.3 is 0 Å². The van der Waals surface area contributed by atoms with Crippen LogP contribution in [0.5, 0.6) is 0 Å². The Labute approximate surface area is 201 Å². The van der Waals surface area contributed by atoms with Crippen molar-refractivity contribution < 1.29 is 48.4 Å². The maximum absolute atomic E-state index is 12.0. The van der Waals surface area contributed by atoms with Gasteiger partial charge in [-0.2, -0.15) is 0 Å². The molecule has 0 bridgehead atoms. The van der Waals surface area contributed by atoms with Crippen molar-refractivity contribution in [3.05, 3.63) is 24.8 Å². The third kappa shape index (κ3) is 27.7. The molecule has 0 rings (SSSR count). The van der Waals surface area contributed by atoms with Crippen LogP contribution in [0.25, 0.3) is 0 Å². The Morgan fingerprint density at radius 1 is 0.700 bits per heavy atom. The van der Waals surface area contributed by atoms with E-state index in [2.05, 4.69) is 20.1 Å². The van der Waals surface area contributed by atoms with Gasteiger partial charge in [0.25, 0.3) is 0 Å². The number of hydrogen-bond donors (Lipinski definition) is 0. The summed E-state index contributed by atoms with van der Waals surface area (Å²) in [4.78, 5) is 12.0. The van der Waals surface area contributed by atoms with Crippen LogP contribution in [0.15, 0.2) is 24.8 Å². The summed E-state index contributed by atoms with van der Waals surface area (Å²) in [5.74, 6) is 0.156. The SMILES string of the molecule is C=CC(C(=C)C)C(=O)CCCCCCCCCCCCCCCCC.O.O.O.O.[Ti]. The van der Waals surface area contributed by atoms with Crippen LogP contribution in [0.2, 0.25) is 0 Å². The maximum Gasteiger partial charge on any atom is 0.143 e. The Morgan fingerprint density at radius 2 is 1.00 bits per heavy atom. The van der Waals surface area contributed by atoms with Crippen molar-refractivity contribution >= 4 is 5.78 Å². The van der Waals surface area contributed by atoms with Gasteiger partial charge in [-0.1, -0.05) is 115 Å². The molecule has 0 aliphatic heterocycles. The average Bonchev–Trinajstić information content (AvgIpc) is 2.58. The molecule has 0 aliphatic carbocycles. The summed E-state index contributed by atoms with van der Waals surface area (Å²) in [5.41, 5.74) is 0.918. The Hall–Kier alpha value is -0.296. The summed E-state index contributed by atoms with van der Waals surface area (Å²) in [7, 11) is 0. The quantitative estimate of drug-likeness (QED) is 0.148. The predicted octanol–water partition coefficient (Wildman–Crippen LogP) is 4.89. The monoisotopic (exact) mass is 468 g/mol. The summed E-state index contributed by atoms with van der Waals surface area (Å²) >= 11 is 0. The van der Waals surface area contributed by atoms with Crippen LogP contribution < -0.4 is 0 Å². The first-order chi connectivity index (χ1) is 12.1. The number of allylic oxidation sites excluding steroid dienone is 2. The number of Topliss-reactive ketones (excluding diaryl/α,β-unsaturated/α-hetero) is 1. The number of carbonyl (C=O) groups is 1. The number of rotatable bonds is 19. The van der Waals surface area contributed by atoms with Crippen LogP contribution >= 0.6 is 0 Å². The second-order valence-corrected chi connectivity index (χ2v) is 7.73. The second kappa shape index (κ2) is 33.3. The molecule has 0 aromatic rings. The number of hydrogen-bond acceptors (Lipinski definition) is 1. The van der Waals surface area contributed by atoms with Gasteiger partial charge in [0, 0.05) is 28.1 Å². The summed E-state index contributed by atoms with van der Waals surface area (Å²) in [6.07, 6.45) is 22.8. The molecule has 0 aromatic carbocycles. The Kier molecular flexibility index (Phi) is 48.4. The fourth-order valence-corrected chi connectivity index (χ4v) is 3.43. The van der Waals surface area contributed by atoms with E-state index in [1.54, 1.807) is 6.08 Å². The standard InChI is InChI=1S/C24H44O.4H2O.Ti/c1-5-7-8-9-10-11-12-13-14-15-16-17-18-19-20-21-24(25)23(6-2)22(3)4;;;;;/h6,23H,2-3,5,7-21H2,1,4H3;4*1H2;. The van der Waals surface area contributed by atoms with Crippen LogP contribution in [-0.4, -0.2) is 27.7 Å². The fourth-order valence-electron chi connectivity index (χ4n) is 3.43. The molecular weight excluding hydrogens is 416 g/mol. The van der Waals surface area contributed by atoms with Crippen molar-refractivity contribution in [1.29, 1.82) is 0 Å². The van der Waals surface area contributed by atoms with E-state index in [1.165, 1.54) is 89.9 Å². The minimum Gasteiger partial charge on any atom is -0.412 e. The molecular formula is C24H52O5Ti. The van der Waals surface area contributed by atoms with E-state index in [0.29, 0.717) is 6.42 Å². The molecule has 0 radical (unpaired) electrons. The van der Waals surface area contributed by atoms with E-state index in [9.17, 15) is 4.79 Å². The minimum absolute atomic E-state index is 0. The molecule has 0 aromatic heterocycles. The molecule has 0 spiro atoms. The molecule has 0 amide bonds. The molecule has 182 valence electrons. The molecule has 0 heterocycles. The van der Waals surface area contributed by atoms with Gasteiger partial charge < -0.3 is 21.9 Å². The molecule has 0 saturated carbocycles. The molecule has 1 unspecified atom stereocenters. The number of ketones is 1. The molecule has 8 N–H and O–H groups in total. The zero-order valence-electron chi connectivity index (χ0n) is 19.8. The van der Waals surface area contributed by atoms with Gasteiger partial charge in [0.2, 0.25) is 0 Å². The summed E-state index contributed by atoms with van der Waals surface area (Å²) in [6, 6.07) is 0. The largest absolute Gasteiger partial charge is 0.412 e. The Morgan fingerprint density at radius 3 is 1.27 bits per heavy atom. The van der Waals surface area contributed by atoms with Gasteiger partial charge in [-0.05, 0) is 13.3 Å². The normalized spacial score (nSPS) is 10.1. The average molecular weight is 469 g/mol. The van der Waals surface area contributed by atoms with Gasteiger partial charge in [0.05, 0.1) is 5.92 Å². The minimum atomic E-state index is -0.133. The van der Waals surface area contributed by atoms with Crippen molar-refractivity contribution in [2.45, 2.75) is 117 Å². The van der Waals surface area contributed by atoms with Gasteiger partial charge in [-0.25, -0.2) is 0 Å². The van der Waals surface area contributed by atoms with E-state index in [1.807, 2.05) is 6.92 Å². The van der Waals surface area contributed by atoms with E-state index < -0.39 is 0 Å². The van der Waals surface area contributed by atoms with Crippen LogP contribution in [-0.2, 0) is 26.5 Å². The van der Waals surface area contributed by atoms with Crippen molar-refractivity contribution in [1.82, 2.24) is 0 Å². The molecule has 0 aliphatic rings. The van der Waals surface area contributed by atoms with E-state index >= 15 is 0 Å². The van der Waals surface area contributed by atoms with Crippen molar-refractivity contribution in [3.63, 3.8) is 0 Å². The van der Waals surface area contributed by atoms with Gasteiger partial charge in [0.15, 0.2) is 0 Å². The molecule has 1 atom stereocenters. The summed E-state index contributed by atoms with van der Waals surface area (Å²) < 4.78 is 0. The Balaban J connectivity index is -0.000000288. The first kappa shape index (κ1) is 43.6. The van der Waals surface area contributed by atoms with E-state index in [0.717, 1.165) is 12.0 Å². The van der Waals surface area contributed by atoms with Crippen molar-refractivity contribution in [2.75, 3.05) is 0 Å². The first-order valence-electron chi connectivity index (χ1n) is 10.9. The van der Waals surface area contributed by atoms with Gasteiger partial charge in [-0.15, -0.1) is 6.58 Å². The number of carbonyl (C=O) groups excluding carboxylic acids is 1. The topological polar surface area (TPSA) is 143 Å².